The molecule has 0 aliphatic heterocycles. The standard InChI is InChI=1S/C17H16N4O4/c1-10-7-13(11(2)25-10)16(23)20-19-15(22)8-21-9-18-14-6-4-3-5-12(14)17(21)24/h3-7,9H,8H2,1-2H3,(H,19,22)(H,20,23). The van der Waals surface area contributed by atoms with Gasteiger partial charge in [-0.25, -0.2) is 4.98 Å². The van der Waals surface area contributed by atoms with Crippen molar-refractivity contribution < 1.29 is 14.0 Å². The molecule has 0 radical (unpaired) electrons. The summed E-state index contributed by atoms with van der Waals surface area (Å²) in [6.45, 7) is 3.12. The number of carbonyl (C=O) groups is 2. The van der Waals surface area contributed by atoms with Crippen LogP contribution in [-0.4, -0.2) is 21.4 Å². The summed E-state index contributed by atoms with van der Waals surface area (Å²) in [4.78, 5) is 40.5. The van der Waals surface area contributed by atoms with E-state index in [1.807, 2.05) is 0 Å². The Morgan fingerprint density at radius 2 is 1.96 bits per heavy atom. The van der Waals surface area contributed by atoms with Crippen molar-refractivity contribution in [2.45, 2.75) is 20.4 Å². The number of aromatic nitrogens is 2. The number of aryl methyl sites for hydroxylation is 2. The first-order valence-electron chi connectivity index (χ1n) is 7.56. The highest BCUT2D eigenvalue weighted by Crippen LogP contribution is 2.12. The van der Waals surface area contributed by atoms with Crippen LogP contribution in [0.25, 0.3) is 10.9 Å². The number of hydrazine groups is 1. The van der Waals surface area contributed by atoms with Gasteiger partial charge in [0.25, 0.3) is 17.4 Å². The van der Waals surface area contributed by atoms with Crippen molar-refractivity contribution >= 4 is 22.7 Å². The van der Waals surface area contributed by atoms with Gasteiger partial charge in [0, 0.05) is 0 Å². The van der Waals surface area contributed by atoms with Crippen molar-refractivity contribution in [1.29, 1.82) is 0 Å². The van der Waals surface area contributed by atoms with Crippen LogP contribution in [0, 0.1) is 13.8 Å². The van der Waals surface area contributed by atoms with E-state index in [0.717, 1.165) is 0 Å². The summed E-state index contributed by atoms with van der Waals surface area (Å²) in [6.07, 6.45) is 1.30. The van der Waals surface area contributed by atoms with Gasteiger partial charge < -0.3 is 4.42 Å². The Labute approximate surface area is 142 Å². The van der Waals surface area contributed by atoms with E-state index in [4.69, 9.17) is 4.42 Å². The van der Waals surface area contributed by atoms with Crippen LogP contribution in [0.5, 0.6) is 0 Å². The second-order valence-corrected chi connectivity index (χ2v) is 5.52. The van der Waals surface area contributed by atoms with Gasteiger partial charge in [0.15, 0.2) is 0 Å². The third kappa shape index (κ3) is 3.42. The lowest BCUT2D eigenvalue weighted by Gasteiger charge is -2.09. The molecule has 0 atom stereocenters. The topological polar surface area (TPSA) is 106 Å². The van der Waals surface area contributed by atoms with Crippen LogP contribution in [-0.2, 0) is 11.3 Å². The lowest BCUT2D eigenvalue weighted by molar-refractivity contribution is -0.122. The van der Waals surface area contributed by atoms with Gasteiger partial charge in [0.05, 0.1) is 22.8 Å². The summed E-state index contributed by atoms with van der Waals surface area (Å²) < 4.78 is 6.45. The predicted molar refractivity (Wildman–Crippen MR) is 89.8 cm³/mol. The minimum atomic E-state index is -0.551. The number of amides is 2. The Balaban J connectivity index is 1.67. The van der Waals surface area contributed by atoms with Gasteiger partial charge in [-0.1, -0.05) is 12.1 Å². The number of rotatable bonds is 3. The Morgan fingerprint density at radius 3 is 2.68 bits per heavy atom. The molecule has 0 aliphatic rings. The molecule has 128 valence electrons. The zero-order valence-corrected chi connectivity index (χ0v) is 13.7. The van der Waals surface area contributed by atoms with Gasteiger partial charge in [-0.15, -0.1) is 0 Å². The normalized spacial score (nSPS) is 10.6. The molecule has 0 fully saturated rings. The maximum atomic E-state index is 12.3. The SMILES string of the molecule is Cc1cc(C(=O)NNC(=O)Cn2cnc3ccccc3c2=O)c(C)o1. The lowest BCUT2D eigenvalue weighted by Crippen LogP contribution is -2.44. The average molecular weight is 340 g/mol. The molecule has 2 aromatic heterocycles. The van der Waals surface area contributed by atoms with Crippen LogP contribution < -0.4 is 16.4 Å². The van der Waals surface area contributed by atoms with Crippen molar-refractivity contribution in [2.24, 2.45) is 0 Å². The Hall–Kier alpha value is -3.42. The molecule has 2 N–H and O–H groups in total. The smallest absolute Gasteiger partial charge is 0.273 e. The Bertz CT molecular complexity index is 1020. The largest absolute Gasteiger partial charge is 0.466 e. The third-order valence-corrected chi connectivity index (χ3v) is 3.65. The van der Waals surface area contributed by atoms with Gasteiger partial charge in [0.2, 0.25) is 0 Å². The van der Waals surface area contributed by atoms with Crippen molar-refractivity contribution in [3.63, 3.8) is 0 Å². The molecule has 0 spiro atoms. The van der Waals surface area contributed by atoms with E-state index in [9.17, 15) is 14.4 Å². The molecule has 0 bridgehead atoms. The molecule has 8 nitrogen and oxygen atoms in total. The van der Waals surface area contributed by atoms with Crippen molar-refractivity contribution in [3.8, 4) is 0 Å². The number of hydrogen-bond donors (Lipinski definition) is 2. The quantitative estimate of drug-likeness (QED) is 0.694. The van der Waals surface area contributed by atoms with Crippen molar-refractivity contribution in [3.05, 3.63) is 64.1 Å². The lowest BCUT2D eigenvalue weighted by atomic mass is 10.2. The summed E-state index contributed by atoms with van der Waals surface area (Å²) >= 11 is 0. The number of nitrogens with zero attached hydrogens (tertiary/aromatic N) is 2. The number of furan rings is 1. The second kappa shape index (κ2) is 6.60. The van der Waals surface area contributed by atoms with Gasteiger partial charge in [-0.2, -0.15) is 0 Å². The van der Waals surface area contributed by atoms with E-state index >= 15 is 0 Å². The first kappa shape index (κ1) is 16.4. The number of para-hydroxylation sites is 1. The minimum Gasteiger partial charge on any atom is -0.466 e. The molecule has 8 heteroatoms. The third-order valence-electron chi connectivity index (χ3n) is 3.65. The number of hydrogen-bond acceptors (Lipinski definition) is 5. The highest BCUT2D eigenvalue weighted by atomic mass is 16.3. The number of carbonyl (C=O) groups excluding carboxylic acids is 2. The van der Waals surface area contributed by atoms with Gasteiger partial charge in [-0.3, -0.25) is 29.8 Å². The van der Waals surface area contributed by atoms with Gasteiger partial charge >= 0.3 is 0 Å². The molecule has 0 unspecified atom stereocenters. The fourth-order valence-electron chi connectivity index (χ4n) is 2.46. The van der Waals surface area contributed by atoms with Gasteiger partial charge in [-0.05, 0) is 32.0 Å². The summed E-state index contributed by atoms with van der Waals surface area (Å²) in [5, 5.41) is 0.423. The van der Waals surface area contributed by atoms with Crippen LogP contribution in [0.3, 0.4) is 0 Å². The van der Waals surface area contributed by atoms with E-state index in [1.54, 1.807) is 44.2 Å². The van der Waals surface area contributed by atoms with E-state index in [0.29, 0.717) is 28.0 Å². The maximum Gasteiger partial charge on any atom is 0.273 e. The monoisotopic (exact) mass is 340 g/mol. The fourth-order valence-corrected chi connectivity index (χ4v) is 2.46. The first-order valence-corrected chi connectivity index (χ1v) is 7.56. The van der Waals surface area contributed by atoms with Crippen LogP contribution in [0.15, 0.2) is 45.9 Å². The average Bonchev–Trinajstić information content (AvgIpc) is 2.94. The zero-order chi connectivity index (χ0) is 18.0. The highest BCUT2D eigenvalue weighted by molar-refractivity contribution is 5.96. The minimum absolute atomic E-state index is 0.264. The molecule has 2 heterocycles. The van der Waals surface area contributed by atoms with E-state index in [-0.39, 0.29) is 12.1 Å². The zero-order valence-electron chi connectivity index (χ0n) is 13.7. The molecule has 1 aromatic carbocycles. The summed E-state index contributed by atoms with van der Waals surface area (Å²) in [5.41, 5.74) is 5.14. The molecule has 0 saturated carbocycles. The number of fused-ring (bicyclic) bond motifs is 1. The molecule has 25 heavy (non-hydrogen) atoms. The van der Waals surface area contributed by atoms with Crippen molar-refractivity contribution in [1.82, 2.24) is 20.4 Å². The van der Waals surface area contributed by atoms with Crippen LogP contribution in [0.1, 0.15) is 21.9 Å². The van der Waals surface area contributed by atoms with Crippen LogP contribution in [0.4, 0.5) is 0 Å². The summed E-state index contributed by atoms with van der Waals surface area (Å²) in [7, 11) is 0. The fraction of sp³-hybridized carbons (Fsp3) is 0.176. The molecule has 2 amide bonds. The Kier molecular flexibility index (Phi) is 4.34. The molecule has 3 aromatic rings. The second-order valence-electron chi connectivity index (χ2n) is 5.52. The first-order chi connectivity index (χ1) is 12.0. The van der Waals surface area contributed by atoms with Gasteiger partial charge in [0.1, 0.15) is 18.1 Å². The molecule has 0 saturated heterocycles. The molecule has 3 rings (SSSR count). The Morgan fingerprint density at radius 1 is 1.20 bits per heavy atom. The maximum absolute atomic E-state index is 12.3. The summed E-state index contributed by atoms with van der Waals surface area (Å²) in [6, 6.07) is 8.45. The van der Waals surface area contributed by atoms with E-state index in [2.05, 4.69) is 15.8 Å². The molecular weight excluding hydrogens is 324 g/mol. The van der Waals surface area contributed by atoms with Crippen molar-refractivity contribution in [2.75, 3.05) is 0 Å². The molecule has 0 aliphatic carbocycles. The number of nitrogens with one attached hydrogen (secondary N) is 2. The number of benzene rings is 1. The van der Waals surface area contributed by atoms with Crippen LogP contribution >= 0.6 is 0 Å². The van der Waals surface area contributed by atoms with E-state index < -0.39 is 11.8 Å². The molecular formula is C17H16N4O4. The highest BCUT2D eigenvalue weighted by Gasteiger charge is 2.14. The van der Waals surface area contributed by atoms with E-state index in [1.165, 1.54) is 10.9 Å². The summed E-state index contributed by atoms with van der Waals surface area (Å²) in [5.74, 6) is 0.0130. The predicted octanol–water partition coefficient (Wildman–Crippen LogP) is 1.07. The van der Waals surface area contributed by atoms with Crippen LogP contribution in [0.2, 0.25) is 0 Å².